The van der Waals surface area contributed by atoms with Gasteiger partial charge in [0.25, 0.3) is 11.8 Å². The molecule has 168 valence electrons. The molecule has 0 saturated carbocycles. The fourth-order valence-corrected chi connectivity index (χ4v) is 3.94. The van der Waals surface area contributed by atoms with Gasteiger partial charge in [0.15, 0.2) is 5.11 Å². The van der Waals surface area contributed by atoms with Crippen molar-refractivity contribution in [3.05, 3.63) is 64.2 Å². The molecule has 2 amide bonds. The lowest BCUT2D eigenvalue weighted by Crippen LogP contribution is -2.54. The van der Waals surface area contributed by atoms with E-state index in [1.165, 1.54) is 4.90 Å². The average molecular weight is 451 g/mol. The van der Waals surface area contributed by atoms with Crippen molar-refractivity contribution < 1.29 is 14.3 Å². The van der Waals surface area contributed by atoms with E-state index < -0.39 is 11.8 Å². The van der Waals surface area contributed by atoms with Gasteiger partial charge in [-0.2, -0.15) is 0 Å². The van der Waals surface area contributed by atoms with Gasteiger partial charge in [0.1, 0.15) is 11.3 Å². The van der Waals surface area contributed by atoms with Crippen LogP contribution in [-0.2, 0) is 9.59 Å². The molecule has 0 radical (unpaired) electrons. The Morgan fingerprint density at radius 2 is 1.72 bits per heavy atom. The van der Waals surface area contributed by atoms with Gasteiger partial charge >= 0.3 is 0 Å². The zero-order valence-electron chi connectivity index (χ0n) is 19.5. The number of nitrogens with one attached hydrogen (secondary N) is 1. The van der Waals surface area contributed by atoms with Gasteiger partial charge in [-0.1, -0.05) is 39.8 Å². The van der Waals surface area contributed by atoms with Crippen molar-refractivity contribution in [3.63, 3.8) is 0 Å². The van der Waals surface area contributed by atoms with Crippen molar-refractivity contribution >= 4 is 40.9 Å². The first kappa shape index (κ1) is 23.7. The van der Waals surface area contributed by atoms with Crippen LogP contribution in [0.25, 0.3) is 6.08 Å². The van der Waals surface area contributed by atoms with Crippen molar-refractivity contribution in [2.24, 2.45) is 0 Å². The topological polar surface area (TPSA) is 58.6 Å². The zero-order chi connectivity index (χ0) is 23.6. The van der Waals surface area contributed by atoms with Crippen LogP contribution in [0, 0.1) is 6.92 Å². The zero-order valence-corrected chi connectivity index (χ0v) is 20.3. The largest absolute Gasteiger partial charge is 0.494 e. The predicted octanol–water partition coefficient (Wildman–Crippen LogP) is 5.47. The lowest BCUT2D eigenvalue weighted by molar-refractivity contribution is -0.122. The highest BCUT2D eigenvalue weighted by atomic mass is 32.1. The number of amides is 2. The molecular formula is C26H30N2O3S. The summed E-state index contributed by atoms with van der Waals surface area (Å²) >= 11 is 5.32. The highest BCUT2D eigenvalue weighted by Gasteiger charge is 2.34. The Labute approximate surface area is 195 Å². The minimum atomic E-state index is -0.491. The summed E-state index contributed by atoms with van der Waals surface area (Å²) in [4.78, 5) is 27.4. The summed E-state index contributed by atoms with van der Waals surface area (Å²) in [6, 6.07) is 11.6. The lowest BCUT2D eigenvalue weighted by atomic mass is 9.94. The van der Waals surface area contributed by atoms with Crippen LogP contribution < -0.4 is 15.0 Å². The molecule has 6 heteroatoms. The second-order valence-electron chi connectivity index (χ2n) is 8.54. The average Bonchev–Trinajstić information content (AvgIpc) is 2.72. The van der Waals surface area contributed by atoms with Gasteiger partial charge < -0.3 is 4.74 Å². The van der Waals surface area contributed by atoms with E-state index in [9.17, 15) is 9.59 Å². The van der Waals surface area contributed by atoms with E-state index in [-0.39, 0.29) is 16.6 Å². The lowest BCUT2D eigenvalue weighted by Gasteiger charge is -2.29. The van der Waals surface area contributed by atoms with Crippen molar-refractivity contribution in [2.45, 2.75) is 53.4 Å². The van der Waals surface area contributed by atoms with Gasteiger partial charge in [-0.15, -0.1) is 0 Å². The van der Waals surface area contributed by atoms with Gasteiger partial charge in [0.2, 0.25) is 0 Å². The van der Waals surface area contributed by atoms with Crippen LogP contribution in [0.2, 0.25) is 0 Å². The molecule has 1 N–H and O–H groups in total. The van der Waals surface area contributed by atoms with Crippen molar-refractivity contribution in [1.29, 1.82) is 0 Å². The van der Waals surface area contributed by atoms with Crippen LogP contribution in [0.3, 0.4) is 0 Å². The van der Waals surface area contributed by atoms with Gasteiger partial charge in [-0.05, 0) is 90.5 Å². The number of thiocarbonyl (C=S) groups is 1. The second kappa shape index (κ2) is 9.65. The minimum Gasteiger partial charge on any atom is -0.494 e. The third kappa shape index (κ3) is 4.75. The first-order valence-corrected chi connectivity index (χ1v) is 11.3. The predicted molar refractivity (Wildman–Crippen MR) is 133 cm³/mol. The molecule has 0 spiro atoms. The quantitative estimate of drug-likeness (QED) is 0.360. The van der Waals surface area contributed by atoms with Crippen LogP contribution in [-0.4, -0.2) is 23.5 Å². The Hall–Kier alpha value is -2.99. The molecule has 2 aromatic carbocycles. The maximum atomic E-state index is 13.4. The summed E-state index contributed by atoms with van der Waals surface area (Å²) in [5.74, 6) is 0.509. The smallest absolute Gasteiger partial charge is 0.270 e. The number of hydrogen-bond donors (Lipinski definition) is 1. The SMILES string of the molecule is CCOc1cc(C)c(/C=C2\C(=O)NC(=S)N(c3ccc(C(C)C)cc3)C2=O)cc1C(C)C. The van der Waals surface area contributed by atoms with Crippen LogP contribution in [0.5, 0.6) is 5.75 Å². The van der Waals surface area contributed by atoms with E-state index in [0.29, 0.717) is 18.2 Å². The van der Waals surface area contributed by atoms with Gasteiger partial charge in [-0.3, -0.25) is 19.8 Å². The first-order valence-electron chi connectivity index (χ1n) is 10.9. The number of hydrogen-bond acceptors (Lipinski definition) is 4. The monoisotopic (exact) mass is 450 g/mol. The van der Waals surface area contributed by atoms with Crippen molar-refractivity contribution in [2.75, 3.05) is 11.5 Å². The fourth-order valence-electron chi connectivity index (χ4n) is 3.66. The third-order valence-corrected chi connectivity index (χ3v) is 5.82. The maximum Gasteiger partial charge on any atom is 0.270 e. The van der Waals surface area contributed by atoms with Gasteiger partial charge in [0.05, 0.1) is 12.3 Å². The second-order valence-corrected chi connectivity index (χ2v) is 8.93. The number of ether oxygens (including phenoxy) is 1. The summed E-state index contributed by atoms with van der Waals surface area (Å²) in [7, 11) is 0. The molecule has 0 bridgehead atoms. The van der Waals surface area contributed by atoms with E-state index in [1.807, 2.05) is 50.2 Å². The number of rotatable bonds is 6. The minimum absolute atomic E-state index is 0.0495. The Kier molecular flexibility index (Phi) is 7.14. The Morgan fingerprint density at radius 1 is 1.06 bits per heavy atom. The Balaban J connectivity index is 2.03. The molecule has 5 nitrogen and oxygen atoms in total. The highest BCUT2D eigenvalue weighted by Crippen LogP contribution is 2.32. The summed E-state index contributed by atoms with van der Waals surface area (Å²) < 4.78 is 5.79. The molecule has 0 unspecified atom stereocenters. The highest BCUT2D eigenvalue weighted by molar-refractivity contribution is 7.80. The van der Waals surface area contributed by atoms with E-state index in [1.54, 1.807) is 6.08 Å². The van der Waals surface area contributed by atoms with E-state index in [0.717, 1.165) is 28.0 Å². The molecule has 1 fully saturated rings. The van der Waals surface area contributed by atoms with Crippen LogP contribution in [0.15, 0.2) is 42.0 Å². The third-order valence-electron chi connectivity index (χ3n) is 5.54. The standard InChI is InChI=1S/C26H30N2O3S/c1-7-31-23-12-17(6)19(13-21(23)16(4)5)14-22-24(29)27-26(32)28(25(22)30)20-10-8-18(9-11-20)15(2)3/h8-16H,7H2,1-6H3,(H,27,29,32)/b22-14+. The van der Waals surface area contributed by atoms with E-state index in [2.05, 4.69) is 33.0 Å². The maximum absolute atomic E-state index is 13.4. The summed E-state index contributed by atoms with van der Waals surface area (Å²) in [6.45, 7) is 12.9. The van der Waals surface area contributed by atoms with Gasteiger partial charge in [-0.25, -0.2) is 0 Å². The van der Waals surface area contributed by atoms with Crippen molar-refractivity contribution in [3.8, 4) is 5.75 Å². The normalized spacial score (nSPS) is 15.7. The molecule has 2 aromatic rings. The molecule has 0 atom stereocenters. The van der Waals surface area contributed by atoms with Crippen LogP contribution >= 0.6 is 12.2 Å². The summed E-state index contributed by atoms with van der Waals surface area (Å²) in [6.07, 6.45) is 1.64. The molecule has 0 aromatic heterocycles. The van der Waals surface area contributed by atoms with Crippen LogP contribution in [0.4, 0.5) is 5.69 Å². The molecule has 32 heavy (non-hydrogen) atoms. The number of carbonyl (C=O) groups excluding carboxylic acids is 2. The number of anilines is 1. The first-order chi connectivity index (χ1) is 15.1. The molecular weight excluding hydrogens is 420 g/mol. The summed E-state index contributed by atoms with van der Waals surface area (Å²) in [5, 5.41) is 2.74. The number of benzene rings is 2. The molecule has 1 aliphatic rings. The van der Waals surface area contributed by atoms with Crippen LogP contribution in [0.1, 0.15) is 68.7 Å². The summed E-state index contributed by atoms with van der Waals surface area (Å²) in [5.41, 5.74) is 4.60. The number of nitrogens with zero attached hydrogens (tertiary/aromatic N) is 1. The fraction of sp³-hybridized carbons (Fsp3) is 0.346. The van der Waals surface area contributed by atoms with Gasteiger partial charge in [0, 0.05) is 0 Å². The molecule has 0 aliphatic carbocycles. The molecule has 1 heterocycles. The van der Waals surface area contributed by atoms with Crippen molar-refractivity contribution in [1.82, 2.24) is 5.32 Å². The Morgan fingerprint density at radius 3 is 2.28 bits per heavy atom. The Bertz CT molecular complexity index is 1080. The molecule has 1 saturated heterocycles. The molecule has 3 rings (SSSR count). The van der Waals surface area contributed by atoms with E-state index in [4.69, 9.17) is 17.0 Å². The number of carbonyl (C=O) groups is 2. The van der Waals surface area contributed by atoms with E-state index >= 15 is 0 Å². The number of aryl methyl sites for hydroxylation is 1. The molecule has 1 aliphatic heterocycles.